The number of phenolic OH excluding ortho intramolecular Hbond substituents is 1. The number of benzene rings is 2. The molecule has 2 aromatic rings. The van der Waals surface area contributed by atoms with E-state index in [4.69, 9.17) is 4.74 Å². The van der Waals surface area contributed by atoms with Gasteiger partial charge in [0.15, 0.2) is 0 Å². The van der Waals surface area contributed by atoms with Crippen molar-refractivity contribution in [3.8, 4) is 11.5 Å². The molecule has 2 aromatic carbocycles. The number of phenols is 1. The number of alkyl halides is 1. The fourth-order valence-electron chi connectivity index (χ4n) is 2.34. The summed E-state index contributed by atoms with van der Waals surface area (Å²) >= 11 is 3.05. The molecule has 0 saturated carbocycles. The predicted molar refractivity (Wildman–Crippen MR) is 108 cm³/mol. The summed E-state index contributed by atoms with van der Waals surface area (Å²) in [6, 6.07) is 12.6. The highest BCUT2D eigenvalue weighted by Crippen LogP contribution is 2.38. The number of carbonyl (C=O) groups excluding carboxylic acids is 1. The molecule has 0 radical (unpaired) electrons. The van der Waals surface area contributed by atoms with Crippen molar-refractivity contribution in [3.63, 3.8) is 0 Å². The van der Waals surface area contributed by atoms with Crippen LogP contribution in [0.1, 0.15) is 11.1 Å². The Balaban J connectivity index is 2.22. The van der Waals surface area contributed by atoms with Crippen molar-refractivity contribution in [3.05, 3.63) is 53.6 Å². The SMILES string of the molecule is CS(=O)(=O)Nc1c(OCc2ccccc2)ccc(CCNC(=O)CBr)c1O. The Bertz CT molecular complexity index is 888. The fraction of sp³-hybridized carbons (Fsp3) is 0.278. The van der Waals surface area contributed by atoms with Crippen LogP contribution in [0.4, 0.5) is 5.69 Å². The minimum atomic E-state index is -3.63. The molecule has 0 atom stereocenters. The molecule has 0 aromatic heterocycles. The second kappa shape index (κ2) is 9.61. The van der Waals surface area contributed by atoms with Crippen LogP contribution in [0.3, 0.4) is 0 Å². The van der Waals surface area contributed by atoms with Gasteiger partial charge in [-0.3, -0.25) is 9.52 Å². The molecule has 0 spiro atoms. The third-order valence-corrected chi connectivity index (χ3v) is 4.67. The van der Waals surface area contributed by atoms with Crippen LogP contribution in [0.15, 0.2) is 42.5 Å². The lowest BCUT2D eigenvalue weighted by atomic mass is 10.1. The molecule has 0 saturated heterocycles. The van der Waals surface area contributed by atoms with E-state index in [1.165, 1.54) is 0 Å². The second-order valence-corrected chi connectivity index (χ2v) is 8.14. The highest BCUT2D eigenvalue weighted by Gasteiger charge is 2.17. The molecule has 3 N–H and O–H groups in total. The van der Waals surface area contributed by atoms with Crippen LogP contribution in [0.5, 0.6) is 11.5 Å². The van der Waals surface area contributed by atoms with E-state index in [2.05, 4.69) is 26.0 Å². The number of anilines is 1. The Morgan fingerprint density at radius 2 is 1.89 bits per heavy atom. The first-order chi connectivity index (χ1) is 12.8. The van der Waals surface area contributed by atoms with Gasteiger partial charge >= 0.3 is 0 Å². The van der Waals surface area contributed by atoms with Crippen LogP contribution in [0.25, 0.3) is 0 Å². The molecule has 1 amide bonds. The van der Waals surface area contributed by atoms with E-state index in [9.17, 15) is 18.3 Å². The standard InChI is InChI=1S/C18H21BrN2O5S/c1-27(24,25)21-17-15(26-12-13-5-3-2-4-6-13)8-7-14(18(17)23)9-10-20-16(22)11-19/h2-8,21,23H,9-12H2,1H3,(H,20,22). The Kier molecular flexibility index (Phi) is 7.49. The number of sulfonamides is 1. The number of rotatable bonds is 9. The van der Waals surface area contributed by atoms with Crippen molar-refractivity contribution in [2.75, 3.05) is 22.9 Å². The Morgan fingerprint density at radius 1 is 1.19 bits per heavy atom. The van der Waals surface area contributed by atoms with E-state index in [-0.39, 0.29) is 35.0 Å². The van der Waals surface area contributed by atoms with Crippen LogP contribution in [-0.4, -0.2) is 37.6 Å². The van der Waals surface area contributed by atoms with Crippen molar-refractivity contribution in [1.29, 1.82) is 0 Å². The van der Waals surface area contributed by atoms with E-state index in [1.807, 2.05) is 30.3 Å². The van der Waals surface area contributed by atoms with Crippen LogP contribution < -0.4 is 14.8 Å². The van der Waals surface area contributed by atoms with Gasteiger partial charge in [-0.2, -0.15) is 0 Å². The van der Waals surface area contributed by atoms with E-state index in [0.29, 0.717) is 18.5 Å². The molecule has 0 aliphatic rings. The maximum absolute atomic E-state index is 11.7. The third kappa shape index (κ3) is 6.76. The molecular weight excluding hydrogens is 436 g/mol. The first kappa shape index (κ1) is 21.0. The number of ether oxygens (including phenoxy) is 1. The molecule has 0 fully saturated rings. The summed E-state index contributed by atoms with van der Waals surface area (Å²) < 4.78 is 31.4. The number of hydrogen-bond donors (Lipinski definition) is 3. The van der Waals surface area contributed by atoms with Gasteiger partial charge in [0, 0.05) is 6.54 Å². The highest BCUT2D eigenvalue weighted by atomic mass is 79.9. The van der Waals surface area contributed by atoms with Gasteiger partial charge in [-0.15, -0.1) is 0 Å². The van der Waals surface area contributed by atoms with Crippen molar-refractivity contribution < 1.29 is 23.1 Å². The lowest BCUT2D eigenvalue weighted by molar-refractivity contribution is -0.118. The highest BCUT2D eigenvalue weighted by molar-refractivity contribution is 9.09. The lowest BCUT2D eigenvalue weighted by Gasteiger charge is -2.16. The Hall–Kier alpha value is -2.26. The first-order valence-corrected chi connectivity index (χ1v) is 11.1. The molecule has 27 heavy (non-hydrogen) atoms. The van der Waals surface area contributed by atoms with Gasteiger partial charge in [0.25, 0.3) is 0 Å². The van der Waals surface area contributed by atoms with Crippen LogP contribution in [0, 0.1) is 0 Å². The molecule has 0 unspecified atom stereocenters. The maximum Gasteiger partial charge on any atom is 0.230 e. The smallest absolute Gasteiger partial charge is 0.230 e. The lowest BCUT2D eigenvalue weighted by Crippen LogP contribution is -2.26. The zero-order chi connectivity index (χ0) is 19.9. The van der Waals surface area contributed by atoms with E-state index >= 15 is 0 Å². The minimum Gasteiger partial charge on any atom is -0.505 e. The summed E-state index contributed by atoms with van der Waals surface area (Å²) in [5.74, 6) is -0.180. The van der Waals surface area contributed by atoms with Crippen molar-refractivity contribution in [1.82, 2.24) is 5.32 Å². The average molecular weight is 457 g/mol. The van der Waals surface area contributed by atoms with Gasteiger partial charge in [-0.25, -0.2) is 8.42 Å². The van der Waals surface area contributed by atoms with Gasteiger partial charge in [0.1, 0.15) is 23.8 Å². The summed E-state index contributed by atoms with van der Waals surface area (Å²) in [6.45, 7) is 0.528. The maximum atomic E-state index is 11.7. The van der Waals surface area contributed by atoms with Crippen molar-refractivity contribution in [2.24, 2.45) is 0 Å². The van der Waals surface area contributed by atoms with Crippen molar-refractivity contribution >= 4 is 37.5 Å². The number of aromatic hydroxyl groups is 1. The van der Waals surface area contributed by atoms with Crippen LogP contribution in [0.2, 0.25) is 0 Å². The zero-order valence-electron chi connectivity index (χ0n) is 14.7. The summed E-state index contributed by atoms with van der Waals surface area (Å²) in [5.41, 5.74) is 1.38. The third-order valence-electron chi connectivity index (χ3n) is 3.59. The Morgan fingerprint density at radius 3 is 2.52 bits per heavy atom. The molecule has 0 bridgehead atoms. The average Bonchev–Trinajstić information content (AvgIpc) is 2.63. The molecule has 9 heteroatoms. The summed E-state index contributed by atoms with van der Waals surface area (Å²) in [4.78, 5) is 11.3. The molecular formula is C18H21BrN2O5S. The normalized spacial score (nSPS) is 11.0. The number of halogens is 1. The fourth-order valence-corrected chi connectivity index (χ4v) is 3.11. The quantitative estimate of drug-likeness (QED) is 0.396. The van der Waals surface area contributed by atoms with E-state index < -0.39 is 10.0 Å². The number of carbonyl (C=O) groups is 1. The zero-order valence-corrected chi connectivity index (χ0v) is 17.1. The summed E-state index contributed by atoms with van der Waals surface area (Å²) in [6.07, 6.45) is 1.33. The van der Waals surface area contributed by atoms with E-state index in [1.54, 1.807) is 12.1 Å². The molecule has 0 aliphatic carbocycles. The first-order valence-electron chi connectivity index (χ1n) is 8.12. The van der Waals surface area contributed by atoms with Gasteiger partial charge in [0.05, 0.1) is 11.6 Å². The van der Waals surface area contributed by atoms with Crippen LogP contribution in [-0.2, 0) is 27.8 Å². The Labute approximate surface area is 166 Å². The molecule has 0 aliphatic heterocycles. The van der Waals surface area contributed by atoms with Gasteiger partial charge in [0.2, 0.25) is 15.9 Å². The van der Waals surface area contributed by atoms with Gasteiger partial charge in [-0.1, -0.05) is 52.3 Å². The number of amides is 1. The minimum absolute atomic E-state index is 0.0160. The molecule has 2 rings (SSSR count). The van der Waals surface area contributed by atoms with Gasteiger partial charge < -0.3 is 15.2 Å². The number of hydrogen-bond acceptors (Lipinski definition) is 5. The predicted octanol–water partition coefficient (Wildman–Crippen LogP) is 2.40. The second-order valence-electron chi connectivity index (χ2n) is 5.83. The molecule has 0 heterocycles. The topological polar surface area (TPSA) is 105 Å². The summed E-state index contributed by atoms with van der Waals surface area (Å²) in [7, 11) is -3.63. The largest absolute Gasteiger partial charge is 0.505 e. The van der Waals surface area contributed by atoms with Crippen molar-refractivity contribution in [2.45, 2.75) is 13.0 Å². The summed E-state index contributed by atoms with van der Waals surface area (Å²) in [5, 5.41) is 13.4. The number of nitrogens with one attached hydrogen (secondary N) is 2. The molecule has 7 nitrogen and oxygen atoms in total. The monoisotopic (exact) mass is 456 g/mol. The molecule has 146 valence electrons. The van der Waals surface area contributed by atoms with E-state index in [0.717, 1.165) is 11.8 Å². The van der Waals surface area contributed by atoms with Crippen LogP contribution >= 0.6 is 15.9 Å². The van der Waals surface area contributed by atoms with Gasteiger partial charge in [-0.05, 0) is 23.6 Å².